The Balaban J connectivity index is 1.63. The van der Waals surface area contributed by atoms with Gasteiger partial charge in [0.25, 0.3) is 5.91 Å². The normalized spacial score (nSPS) is 14.8. The fraction of sp³-hybridized carbons (Fsp3) is 0.261. The maximum absolute atomic E-state index is 12.9. The highest BCUT2D eigenvalue weighted by Crippen LogP contribution is 2.27. The van der Waals surface area contributed by atoms with Crippen molar-refractivity contribution in [3.05, 3.63) is 55.0 Å². The molecule has 0 radical (unpaired) electrons. The number of aromatic nitrogens is 3. The van der Waals surface area contributed by atoms with Crippen molar-refractivity contribution in [3.8, 4) is 11.4 Å². The fourth-order valence-electron chi connectivity index (χ4n) is 3.70. The first-order valence-electron chi connectivity index (χ1n) is 10.4. The Morgan fingerprint density at radius 3 is 2.75 bits per heavy atom. The van der Waals surface area contributed by atoms with Gasteiger partial charge in [0.15, 0.2) is 11.5 Å². The van der Waals surface area contributed by atoms with Crippen LogP contribution in [0.25, 0.3) is 22.3 Å². The molecule has 0 unspecified atom stereocenters. The molecule has 1 saturated heterocycles. The summed E-state index contributed by atoms with van der Waals surface area (Å²) >= 11 is 0. The van der Waals surface area contributed by atoms with Crippen molar-refractivity contribution in [1.29, 1.82) is 0 Å². The van der Waals surface area contributed by atoms with Crippen molar-refractivity contribution in [1.82, 2.24) is 25.2 Å². The van der Waals surface area contributed by atoms with E-state index in [-0.39, 0.29) is 29.2 Å². The number of pyridine rings is 1. The Morgan fingerprint density at radius 1 is 1.22 bits per heavy atom. The molecule has 4 rings (SSSR count). The Bertz CT molecular complexity index is 1190. The monoisotopic (exact) mass is 431 g/mol. The standard InChI is InChI=1S/C23H25N7O2/c1-3-20(31)28-19-6-9-25-18-5-4-14(12-16(18)19)22-26-13-17(24)21(29-22)23(32)27-15-7-10-30(2)11-8-15/h3-6,9,12-13,15H,1,7-8,10-11,24H2,2H3,(H,27,32)(H,25,28,31). The van der Waals surface area contributed by atoms with E-state index in [0.717, 1.165) is 31.3 Å². The van der Waals surface area contributed by atoms with Gasteiger partial charge in [-0.2, -0.15) is 0 Å². The number of amides is 2. The van der Waals surface area contributed by atoms with Crippen LogP contribution >= 0.6 is 0 Å². The Labute approximate surface area is 185 Å². The predicted octanol–water partition coefficient (Wildman–Crippen LogP) is 2.22. The van der Waals surface area contributed by atoms with E-state index in [9.17, 15) is 9.59 Å². The van der Waals surface area contributed by atoms with Crippen molar-refractivity contribution < 1.29 is 9.59 Å². The minimum atomic E-state index is -0.320. The summed E-state index contributed by atoms with van der Waals surface area (Å²) in [6.45, 7) is 5.35. The molecule has 1 aliphatic rings. The summed E-state index contributed by atoms with van der Waals surface area (Å²) in [5.74, 6) is -0.263. The third-order valence-corrected chi connectivity index (χ3v) is 5.53. The lowest BCUT2D eigenvalue weighted by Crippen LogP contribution is -2.43. The molecule has 1 aromatic carbocycles. The van der Waals surface area contributed by atoms with Gasteiger partial charge in [0.2, 0.25) is 5.91 Å². The van der Waals surface area contributed by atoms with E-state index in [1.165, 1.54) is 12.3 Å². The smallest absolute Gasteiger partial charge is 0.272 e. The average molecular weight is 432 g/mol. The number of nitrogen functional groups attached to an aromatic ring is 1. The summed E-state index contributed by atoms with van der Waals surface area (Å²) in [6, 6.07) is 7.26. The zero-order chi connectivity index (χ0) is 22.7. The lowest BCUT2D eigenvalue weighted by molar-refractivity contribution is -0.111. The van der Waals surface area contributed by atoms with Crippen LogP contribution in [0.4, 0.5) is 11.4 Å². The Morgan fingerprint density at radius 2 is 2.00 bits per heavy atom. The number of hydrogen-bond acceptors (Lipinski definition) is 7. The number of carbonyl (C=O) groups excluding carboxylic acids is 2. The number of likely N-dealkylation sites (tertiary alicyclic amines) is 1. The Kier molecular flexibility index (Phi) is 6.09. The van der Waals surface area contributed by atoms with Crippen LogP contribution in [0.2, 0.25) is 0 Å². The molecule has 0 saturated carbocycles. The first-order chi connectivity index (χ1) is 15.4. The van der Waals surface area contributed by atoms with E-state index in [4.69, 9.17) is 5.73 Å². The number of nitrogens with two attached hydrogens (primary N) is 1. The van der Waals surface area contributed by atoms with Crippen LogP contribution in [0, 0.1) is 0 Å². The number of piperidine rings is 1. The summed E-state index contributed by atoms with van der Waals surface area (Å²) in [4.78, 5) is 40.0. The second-order valence-electron chi connectivity index (χ2n) is 7.83. The topological polar surface area (TPSA) is 126 Å². The van der Waals surface area contributed by atoms with Gasteiger partial charge in [0.1, 0.15) is 0 Å². The lowest BCUT2D eigenvalue weighted by Gasteiger charge is -2.29. The van der Waals surface area contributed by atoms with Gasteiger partial charge in [-0.05, 0) is 63.3 Å². The van der Waals surface area contributed by atoms with E-state index >= 15 is 0 Å². The molecular weight excluding hydrogens is 406 g/mol. The van der Waals surface area contributed by atoms with Gasteiger partial charge in [-0.1, -0.05) is 6.58 Å². The number of nitrogens with one attached hydrogen (secondary N) is 2. The summed E-state index contributed by atoms with van der Waals surface area (Å²) in [7, 11) is 2.07. The summed E-state index contributed by atoms with van der Waals surface area (Å²) in [6.07, 6.45) is 6.04. The van der Waals surface area contributed by atoms with Gasteiger partial charge >= 0.3 is 0 Å². The quantitative estimate of drug-likeness (QED) is 0.529. The van der Waals surface area contributed by atoms with Crippen molar-refractivity contribution in [2.75, 3.05) is 31.2 Å². The minimum Gasteiger partial charge on any atom is -0.396 e. The second kappa shape index (κ2) is 9.11. The average Bonchev–Trinajstić information content (AvgIpc) is 2.80. The first-order valence-corrected chi connectivity index (χ1v) is 10.4. The molecule has 32 heavy (non-hydrogen) atoms. The molecule has 1 aliphatic heterocycles. The number of anilines is 2. The molecule has 0 aliphatic carbocycles. The lowest BCUT2D eigenvalue weighted by atomic mass is 10.1. The Hall–Kier alpha value is -3.85. The van der Waals surface area contributed by atoms with Gasteiger partial charge < -0.3 is 21.3 Å². The van der Waals surface area contributed by atoms with Crippen molar-refractivity contribution in [2.24, 2.45) is 0 Å². The van der Waals surface area contributed by atoms with Gasteiger partial charge in [-0.25, -0.2) is 9.97 Å². The second-order valence-corrected chi connectivity index (χ2v) is 7.83. The summed E-state index contributed by atoms with van der Waals surface area (Å²) < 4.78 is 0. The highest BCUT2D eigenvalue weighted by molar-refractivity contribution is 6.05. The van der Waals surface area contributed by atoms with Crippen LogP contribution in [0.15, 0.2) is 49.3 Å². The molecule has 4 N–H and O–H groups in total. The third-order valence-electron chi connectivity index (χ3n) is 5.53. The molecule has 2 amide bonds. The fourth-order valence-corrected chi connectivity index (χ4v) is 3.70. The molecule has 9 heteroatoms. The molecule has 3 heterocycles. The number of fused-ring (bicyclic) bond motifs is 1. The minimum absolute atomic E-state index is 0.0966. The van der Waals surface area contributed by atoms with Crippen LogP contribution in [0.1, 0.15) is 23.3 Å². The zero-order valence-corrected chi connectivity index (χ0v) is 17.8. The number of hydrogen-bond donors (Lipinski definition) is 3. The van der Waals surface area contributed by atoms with Crippen molar-refractivity contribution >= 4 is 34.1 Å². The van der Waals surface area contributed by atoms with Crippen molar-refractivity contribution in [3.63, 3.8) is 0 Å². The maximum atomic E-state index is 12.9. The molecule has 0 spiro atoms. The third kappa shape index (κ3) is 4.57. The molecule has 9 nitrogen and oxygen atoms in total. The molecule has 3 aromatic rings. The van der Waals surface area contributed by atoms with E-state index in [1.54, 1.807) is 12.3 Å². The van der Waals surface area contributed by atoms with E-state index in [1.807, 2.05) is 18.2 Å². The molecule has 164 valence electrons. The van der Waals surface area contributed by atoms with E-state index < -0.39 is 0 Å². The first kappa shape index (κ1) is 21.4. The molecule has 0 bridgehead atoms. The predicted molar refractivity (Wildman–Crippen MR) is 124 cm³/mol. The van der Waals surface area contributed by atoms with Crippen LogP contribution in [0.5, 0.6) is 0 Å². The van der Waals surface area contributed by atoms with Gasteiger partial charge in [0.05, 0.1) is 23.1 Å². The van der Waals surface area contributed by atoms with Gasteiger partial charge in [-0.3, -0.25) is 14.6 Å². The zero-order valence-electron chi connectivity index (χ0n) is 17.8. The largest absolute Gasteiger partial charge is 0.396 e. The molecule has 0 atom stereocenters. The van der Waals surface area contributed by atoms with E-state index in [0.29, 0.717) is 22.6 Å². The molecular formula is C23H25N7O2. The summed E-state index contributed by atoms with van der Waals surface area (Å²) in [5.41, 5.74) is 8.36. The number of rotatable bonds is 5. The van der Waals surface area contributed by atoms with Gasteiger partial charge in [-0.15, -0.1) is 0 Å². The van der Waals surface area contributed by atoms with Crippen LogP contribution in [0.3, 0.4) is 0 Å². The molecule has 1 fully saturated rings. The highest BCUT2D eigenvalue weighted by atomic mass is 16.2. The SMILES string of the molecule is C=CC(=O)Nc1ccnc2ccc(-c3ncc(N)c(C(=O)NC4CCN(C)CC4)n3)cc12. The van der Waals surface area contributed by atoms with Gasteiger partial charge in [0, 0.05) is 23.2 Å². The highest BCUT2D eigenvalue weighted by Gasteiger charge is 2.22. The maximum Gasteiger partial charge on any atom is 0.272 e. The summed E-state index contributed by atoms with van der Waals surface area (Å²) in [5, 5.41) is 6.53. The molecule has 2 aromatic heterocycles. The van der Waals surface area contributed by atoms with Crippen LogP contribution in [-0.2, 0) is 4.79 Å². The van der Waals surface area contributed by atoms with Crippen molar-refractivity contribution in [2.45, 2.75) is 18.9 Å². The van der Waals surface area contributed by atoms with Crippen LogP contribution < -0.4 is 16.4 Å². The van der Waals surface area contributed by atoms with Crippen LogP contribution in [-0.4, -0.2) is 57.8 Å². The number of carbonyl (C=O) groups is 2. The number of nitrogens with zero attached hydrogens (tertiary/aromatic N) is 4. The van der Waals surface area contributed by atoms with E-state index in [2.05, 4.69) is 44.1 Å². The number of benzene rings is 1.